The fourth-order valence-corrected chi connectivity index (χ4v) is 5.98. The second-order valence-corrected chi connectivity index (χ2v) is 10.9. The summed E-state index contributed by atoms with van der Waals surface area (Å²) in [5, 5.41) is 9.63. The first-order chi connectivity index (χ1) is 19.5. The summed E-state index contributed by atoms with van der Waals surface area (Å²) in [5.41, 5.74) is 9.62. The fraction of sp³-hybridized carbons (Fsp3) is 0.206. The van der Waals surface area contributed by atoms with Gasteiger partial charge in [0.15, 0.2) is 0 Å². The molecule has 2 heterocycles. The third-order valence-electron chi connectivity index (χ3n) is 8.35. The van der Waals surface area contributed by atoms with E-state index in [0.29, 0.717) is 18.0 Å². The molecule has 6 heteroatoms. The second kappa shape index (κ2) is 9.49. The summed E-state index contributed by atoms with van der Waals surface area (Å²) in [4.78, 5) is 21.9. The maximum Gasteiger partial charge on any atom is 0.336 e. The van der Waals surface area contributed by atoms with Gasteiger partial charge in [-0.3, -0.25) is 0 Å². The van der Waals surface area contributed by atoms with Crippen LogP contribution in [0, 0.1) is 6.92 Å². The Balaban J connectivity index is 1.32. The van der Waals surface area contributed by atoms with Crippen LogP contribution in [0.3, 0.4) is 0 Å². The molecule has 0 saturated heterocycles. The second-order valence-electron chi connectivity index (χ2n) is 10.9. The van der Waals surface area contributed by atoms with Crippen LogP contribution in [0.1, 0.15) is 52.5 Å². The first-order valence-corrected chi connectivity index (χ1v) is 13.8. The molecule has 0 bridgehead atoms. The quantitative estimate of drug-likeness (QED) is 0.243. The highest BCUT2D eigenvalue weighted by Crippen LogP contribution is 2.39. The van der Waals surface area contributed by atoms with Gasteiger partial charge >= 0.3 is 5.97 Å². The average Bonchev–Trinajstić information content (AvgIpc) is 3.46. The summed E-state index contributed by atoms with van der Waals surface area (Å²) in [5.74, 6) is 1.67. The van der Waals surface area contributed by atoms with Crippen LogP contribution in [0.2, 0.25) is 0 Å². The standard InChI is InChI=1S/C34H30N4O2/c1-21-18-25(32-35-28-12-5-6-13-29(28)37(32)2)19-30-31(21)36-33(24-8-7-9-24)38(30)20-22-14-16-23(17-15-22)26-10-3-4-11-27(26)34(39)40/h3-6,10-19,24H,7-9,20H2,1-2H3,(H,39,40). The van der Waals surface area contributed by atoms with Crippen LogP contribution in [0.15, 0.2) is 84.9 Å². The van der Waals surface area contributed by atoms with Crippen molar-refractivity contribution < 1.29 is 9.90 Å². The number of hydrogen-bond acceptors (Lipinski definition) is 3. The Hall–Kier alpha value is -4.71. The first kappa shape index (κ1) is 24.3. The minimum atomic E-state index is -0.915. The summed E-state index contributed by atoms with van der Waals surface area (Å²) in [6.45, 7) is 2.85. The highest BCUT2D eigenvalue weighted by molar-refractivity contribution is 5.96. The van der Waals surface area contributed by atoms with Gasteiger partial charge in [0.1, 0.15) is 11.6 Å². The number of carboxylic acid groups (broad SMARTS) is 1. The Morgan fingerprint density at radius 3 is 2.38 bits per heavy atom. The predicted octanol–water partition coefficient (Wildman–Crippen LogP) is 7.58. The number of rotatable bonds is 6. The van der Waals surface area contributed by atoms with Gasteiger partial charge in [-0.05, 0) is 72.4 Å². The SMILES string of the molecule is Cc1cc(-c2nc3ccccc3n2C)cc2c1nc(C1CCC1)n2Cc1ccc(-c2ccccc2C(=O)O)cc1. The lowest BCUT2D eigenvalue weighted by Crippen LogP contribution is -2.16. The molecule has 0 atom stereocenters. The zero-order valence-corrected chi connectivity index (χ0v) is 22.6. The number of aromatic nitrogens is 4. The number of aromatic carboxylic acids is 1. The van der Waals surface area contributed by atoms with Crippen LogP contribution in [0.25, 0.3) is 44.6 Å². The van der Waals surface area contributed by atoms with Gasteiger partial charge in [-0.25, -0.2) is 14.8 Å². The van der Waals surface area contributed by atoms with Crippen molar-refractivity contribution in [2.45, 2.75) is 38.6 Å². The number of benzene rings is 4. The van der Waals surface area contributed by atoms with Crippen molar-refractivity contribution in [2.24, 2.45) is 7.05 Å². The Bertz CT molecular complexity index is 1910. The van der Waals surface area contributed by atoms with Crippen molar-refractivity contribution in [2.75, 3.05) is 0 Å². The number of fused-ring (bicyclic) bond motifs is 2. The zero-order chi connectivity index (χ0) is 27.4. The van der Waals surface area contributed by atoms with E-state index in [4.69, 9.17) is 9.97 Å². The highest BCUT2D eigenvalue weighted by Gasteiger charge is 2.27. The highest BCUT2D eigenvalue weighted by atomic mass is 16.4. The van der Waals surface area contributed by atoms with Gasteiger partial charge in [-0.1, -0.05) is 61.0 Å². The average molecular weight is 527 g/mol. The topological polar surface area (TPSA) is 72.9 Å². The van der Waals surface area contributed by atoms with Gasteiger partial charge in [-0.2, -0.15) is 0 Å². The molecular weight excluding hydrogens is 496 g/mol. The van der Waals surface area contributed by atoms with E-state index in [-0.39, 0.29) is 0 Å². The third kappa shape index (κ3) is 3.99. The molecular formula is C34H30N4O2. The van der Waals surface area contributed by atoms with E-state index in [1.54, 1.807) is 12.1 Å². The van der Waals surface area contributed by atoms with Crippen molar-refractivity contribution in [1.29, 1.82) is 0 Å². The molecule has 6 aromatic rings. The maximum absolute atomic E-state index is 11.7. The molecule has 1 N–H and O–H groups in total. The molecule has 1 saturated carbocycles. The van der Waals surface area contributed by atoms with Gasteiger partial charge < -0.3 is 14.2 Å². The number of imidazole rings is 2. The molecule has 0 unspecified atom stereocenters. The Morgan fingerprint density at radius 2 is 1.65 bits per heavy atom. The molecule has 2 aromatic heterocycles. The van der Waals surface area contributed by atoms with Crippen LogP contribution in [0.5, 0.6) is 0 Å². The smallest absolute Gasteiger partial charge is 0.336 e. The monoisotopic (exact) mass is 526 g/mol. The molecule has 1 aliphatic carbocycles. The van der Waals surface area contributed by atoms with E-state index in [1.807, 2.05) is 36.4 Å². The number of carbonyl (C=O) groups is 1. The van der Waals surface area contributed by atoms with Gasteiger partial charge in [0.25, 0.3) is 0 Å². The number of nitrogens with zero attached hydrogens (tertiary/aromatic N) is 4. The summed E-state index contributed by atoms with van der Waals surface area (Å²) in [6, 6.07) is 28.1. The summed E-state index contributed by atoms with van der Waals surface area (Å²) in [6.07, 6.45) is 3.59. The van der Waals surface area contributed by atoms with E-state index >= 15 is 0 Å². The van der Waals surface area contributed by atoms with Crippen molar-refractivity contribution in [3.8, 4) is 22.5 Å². The van der Waals surface area contributed by atoms with Crippen LogP contribution in [-0.4, -0.2) is 30.2 Å². The minimum Gasteiger partial charge on any atom is -0.478 e. The van der Waals surface area contributed by atoms with Crippen molar-refractivity contribution in [1.82, 2.24) is 19.1 Å². The molecule has 1 fully saturated rings. The van der Waals surface area contributed by atoms with Gasteiger partial charge in [0, 0.05) is 25.1 Å². The number of hydrogen-bond donors (Lipinski definition) is 1. The molecule has 1 aliphatic rings. The van der Waals surface area contributed by atoms with Gasteiger partial charge in [-0.15, -0.1) is 0 Å². The molecule has 4 aromatic carbocycles. The van der Waals surface area contributed by atoms with E-state index in [1.165, 1.54) is 19.3 Å². The largest absolute Gasteiger partial charge is 0.478 e. The number of aryl methyl sites for hydroxylation is 2. The van der Waals surface area contributed by atoms with Crippen LogP contribution >= 0.6 is 0 Å². The number of carboxylic acids is 1. The molecule has 6 nitrogen and oxygen atoms in total. The van der Waals surface area contributed by atoms with Crippen LogP contribution < -0.4 is 0 Å². The van der Waals surface area contributed by atoms with Gasteiger partial charge in [0.05, 0.1) is 27.6 Å². The van der Waals surface area contributed by atoms with E-state index in [2.05, 4.69) is 59.5 Å². The zero-order valence-electron chi connectivity index (χ0n) is 22.6. The van der Waals surface area contributed by atoms with Crippen LogP contribution in [0.4, 0.5) is 0 Å². The molecule has 7 rings (SSSR count). The lowest BCUT2D eigenvalue weighted by Gasteiger charge is -2.25. The summed E-state index contributed by atoms with van der Waals surface area (Å²) in [7, 11) is 2.07. The Morgan fingerprint density at radius 1 is 0.900 bits per heavy atom. The third-order valence-corrected chi connectivity index (χ3v) is 8.35. The minimum absolute atomic E-state index is 0.313. The van der Waals surface area contributed by atoms with Crippen molar-refractivity contribution in [3.63, 3.8) is 0 Å². The van der Waals surface area contributed by atoms with Crippen LogP contribution in [-0.2, 0) is 13.6 Å². The van der Waals surface area contributed by atoms with E-state index < -0.39 is 5.97 Å². The van der Waals surface area contributed by atoms with Gasteiger partial charge in [0.2, 0.25) is 0 Å². The molecule has 0 spiro atoms. The lowest BCUT2D eigenvalue weighted by atomic mass is 9.85. The normalized spacial score (nSPS) is 13.7. The maximum atomic E-state index is 11.7. The lowest BCUT2D eigenvalue weighted by molar-refractivity contribution is 0.0697. The summed E-state index contributed by atoms with van der Waals surface area (Å²) >= 11 is 0. The van der Waals surface area contributed by atoms with E-state index in [0.717, 1.165) is 61.5 Å². The molecule has 40 heavy (non-hydrogen) atoms. The summed E-state index contributed by atoms with van der Waals surface area (Å²) < 4.78 is 4.55. The molecule has 198 valence electrons. The van der Waals surface area contributed by atoms with Crippen molar-refractivity contribution >= 4 is 28.0 Å². The molecule has 0 amide bonds. The predicted molar refractivity (Wildman–Crippen MR) is 159 cm³/mol. The Labute approximate surface area is 232 Å². The molecule has 0 radical (unpaired) electrons. The van der Waals surface area contributed by atoms with Crippen molar-refractivity contribution in [3.05, 3.63) is 107 Å². The fourth-order valence-electron chi connectivity index (χ4n) is 5.98. The Kier molecular flexibility index (Phi) is 5.77. The first-order valence-electron chi connectivity index (χ1n) is 13.8. The number of para-hydroxylation sites is 2. The molecule has 0 aliphatic heterocycles. The van der Waals surface area contributed by atoms with E-state index in [9.17, 15) is 9.90 Å².